The number of rotatable bonds is 3. The molecule has 0 spiro atoms. The van der Waals surface area contributed by atoms with Gasteiger partial charge in [0.1, 0.15) is 0 Å². The topological polar surface area (TPSA) is 42.0 Å². The highest BCUT2D eigenvalue weighted by Crippen LogP contribution is 2.26. The van der Waals surface area contributed by atoms with E-state index in [0.29, 0.717) is 10.7 Å². The number of amides is 1. The molecule has 1 heterocycles. The fourth-order valence-electron chi connectivity index (χ4n) is 1.89. The van der Waals surface area contributed by atoms with Crippen LogP contribution in [0.4, 0.5) is 5.13 Å². The van der Waals surface area contributed by atoms with E-state index in [-0.39, 0.29) is 5.91 Å². The highest BCUT2D eigenvalue weighted by atomic mass is 127. The van der Waals surface area contributed by atoms with E-state index in [4.69, 9.17) is 0 Å². The first kappa shape index (κ1) is 15.6. The van der Waals surface area contributed by atoms with Crippen molar-refractivity contribution in [3.8, 4) is 11.3 Å². The van der Waals surface area contributed by atoms with Gasteiger partial charge in [0.2, 0.25) is 0 Å². The van der Waals surface area contributed by atoms with Crippen LogP contribution in [0, 0.1) is 3.57 Å². The molecule has 3 nitrogen and oxygen atoms in total. The number of nitrogens with zero attached hydrogens (tertiary/aromatic N) is 1. The van der Waals surface area contributed by atoms with Crippen molar-refractivity contribution in [2.45, 2.75) is 0 Å². The molecule has 3 rings (SSSR count). The summed E-state index contributed by atoms with van der Waals surface area (Å²) in [5.74, 6) is -0.170. The average molecular weight is 485 g/mol. The number of halogens is 2. The highest BCUT2D eigenvalue weighted by molar-refractivity contribution is 14.1. The van der Waals surface area contributed by atoms with Crippen LogP contribution < -0.4 is 5.32 Å². The zero-order valence-corrected chi connectivity index (χ0v) is 15.8. The molecule has 1 N–H and O–H groups in total. The summed E-state index contributed by atoms with van der Waals surface area (Å²) in [5, 5.41) is 5.37. The van der Waals surface area contributed by atoms with E-state index in [0.717, 1.165) is 15.7 Å². The number of aromatic nitrogens is 1. The second kappa shape index (κ2) is 6.89. The van der Waals surface area contributed by atoms with Crippen LogP contribution in [0.1, 0.15) is 10.4 Å². The Bertz CT molecular complexity index is 817. The smallest absolute Gasteiger partial charge is 0.258 e. The lowest BCUT2D eigenvalue weighted by atomic mass is 10.2. The second-order valence-corrected chi connectivity index (χ2v) is 7.44. The predicted octanol–water partition coefficient (Wildman–Crippen LogP) is 5.43. The standard InChI is InChI=1S/C16H10BrIN2OS/c17-13-4-2-1-3-12(13)15(21)20-16-19-14(9-22-16)10-5-7-11(18)8-6-10/h1-9H,(H,19,20,21). The van der Waals surface area contributed by atoms with Gasteiger partial charge < -0.3 is 0 Å². The van der Waals surface area contributed by atoms with Crippen LogP contribution in [-0.2, 0) is 0 Å². The molecule has 0 bridgehead atoms. The van der Waals surface area contributed by atoms with E-state index < -0.39 is 0 Å². The van der Waals surface area contributed by atoms with Gasteiger partial charge in [0, 0.05) is 19.0 Å². The Morgan fingerprint density at radius 3 is 2.59 bits per heavy atom. The lowest BCUT2D eigenvalue weighted by Gasteiger charge is -2.03. The van der Waals surface area contributed by atoms with E-state index in [2.05, 4.69) is 48.8 Å². The summed E-state index contributed by atoms with van der Waals surface area (Å²) < 4.78 is 1.95. The maximum atomic E-state index is 12.2. The summed E-state index contributed by atoms with van der Waals surface area (Å²) in [4.78, 5) is 16.7. The summed E-state index contributed by atoms with van der Waals surface area (Å²) in [7, 11) is 0. The number of benzene rings is 2. The Balaban J connectivity index is 1.78. The average Bonchev–Trinajstić information content (AvgIpc) is 2.97. The number of nitrogens with one attached hydrogen (secondary N) is 1. The molecule has 110 valence electrons. The van der Waals surface area contributed by atoms with Crippen LogP contribution in [0.3, 0.4) is 0 Å². The van der Waals surface area contributed by atoms with E-state index in [9.17, 15) is 4.79 Å². The number of anilines is 1. The molecule has 2 aromatic carbocycles. The Kier molecular flexibility index (Phi) is 4.90. The summed E-state index contributed by atoms with van der Waals surface area (Å²) in [6.45, 7) is 0. The third-order valence-electron chi connectivity index (χ3n) is 2.98. The molecule has 22 heavy (non-hydrogen) atoms. The zero-order chi connectivity index (χ0) is 15.5. The van der Waals surface area contributed by atoms with Crippen molar-refractivity contribution < 1.29 is 4.79 Å². The molecular formula is C16H10BrIN2OS. The third-order valence-corrected chi connectivity index (χ3v) is 5.15. The number of hydrogen-bond donors (Lipinski definition) is 1. The summed E-state index contributed by atoms with van der Waals surface area (Å²) >= 11 is 7.06. The van der Waals surface area contributed by atoms with Gasteiger partial charge in [-0.05, 0) is 62.8 Å². The van der Waals surface area contributed by atoms with E-state index in [1.165, 1.54) is 14.9 Å². The van der Waals surface area contributed by atoms with Crippen LogP contribution in [-0.4, -0.2) is 10.9 Å². The maximum Gasteiger partial charge on any atom is 0.258 e. The molecule has 3 aromatic rings. The van der Waals surface area contributed by atoms with Crippen molar-refractivity contribution in [3.63, 3.8) is 0 Å². The zero-order valence-electron chi connectivity index (χ0n) is 11.2. The quantitative estimate of drug-likeness (QED) is 0.503. The Morgan fingerprint density at radius 2 is 1.86 bits per heavy atom. The fourth-order valence-corrected chi connectivity index (χ4v) is 3.43. The molecule has 0 radical (unpaired) electrons. The van der Waals surface area contributed by atoms with E-state index >= 15 is 0 Å². The molecular weight excluding hydrogens is 475 g/mol. The van der Waals surface area contributed by atoms with Crippen molar-refractivity contribution in [2.24, 2.45) is 0 Å². The highest BCUT2D eigenvalue weighted by Gasteiger charge is 2.12. The summed E-state index contributed by atoms with van der Waals surface area (Å²) in [6.07, 6.45) is 0. The molecule has 6 heteroatoms. The number of thiazole rings is 1. The van der Waals surface area contributed by atoms with Gasteiger partial charge in [0.05, 0.1) is 11.3 Å². The largest absolute Gasteiger partial charge is 0.298 e. The van der Waals surface area contributed by atoms with Gasteiger partial charge in [-0.25, -0.2) is 4.98 Å². The molecule has 0 aliphatic rings. The molecule has 0 fully saturated rings. The Morgan fingerprint density at radius 1 is 1.14 bits per heavy atom. The minimum Gasteiger partial charge on any atom is -0.298 e. The van der Waals surface area contributed by atoms with Gasteiger partial charge in [-0.2, -0.15) is 0 Å². The molecule has 0 aliphatic carbocycles. The van der Waals surface area contributed by atoms with Gasteiger partial charge in [-0.3, -0.25) is 10.1 Å². The van der Waals surface area contributed by atoms with Gasteiger partial charge in [-0.1, -0.05) is 24.3 Å². The SMILES string of the molecule is O=C(Nc1nc(-c2ccc(I)cc2)cs1)c1ccccc1Br. The van der Waals surface area contributed by atoms with Gasteiger partial charge >= 0.3 is 0 Å². The van der Waals surface area contributed by atoms with Crippen LogP contribution >= 0.6 is 49.9 Å². The Labute approximate surface area is 154 Å². The molecule has 0 atom stereocenters. The van der Waals surface area contributed by atoms with Gasteiger partial charge in [0.15, 0.2) is 5.13 Å². The monoisotopic (exact) mass is 484 g/mol. The molecule has 1 aromatic heterocycles. The number of hydrogen-bond acceptors (Lipinski definition) is 3. The minimum atomic E-state index is -0.170. The van der Waals surface area contributed by atoms with E-state index in [1.54, 1.807) is 6.07 Å². The van der Waals surface area contributed by atoms with Crippen LogP contribution in [0.5, 0.6) is 0 Å². The van der Waals surface area contributed by atoms with Crippen LogP contribution in [0.25, 0.3) is 11.3 Å². The predicted molar refractivity (Wildman–Crippen MR) is 102 cm³/mol. The lowest BCUT2D eigenvalue weighted by Crippen LogP contribution is -2.12. The first-order valence-corrected chi connectivity index (χ1v) is 9.16. The minimum absolute atomic E-state index is 0.170. The molecule has 0 saturated heterocycles. The van der Waals surface area contributed by atoms with Crippen molar-refractivity contribution in [2.75, 3.05) is 5.32 Å². The van der Waals surface area contributed by atoms with Crippen molar-refractivity contribution in [1.82, 2.24) is 4.98 Å². The maximum absolute atomic E-state index is 12.2. The van der Waals surface area contributed by atoms with Gasteiger partial charge in [-0.15, -0.1) is 11.3 Å². The first-order chi connectivity index (χ1) is 10.6. The number of carbonyl (C=O) groups is 1. The second-order valence-electron chi connectivity index (χ2n) is 4.48. The van der Waals surface area contributed by atoms with Crippen LogP contribution in [0.15, 0.2) is 58.4 Å². The lowest BCUT2D eigenvalue weighted by molar-refractivity contribution is 0.102. The fraction of sp³-hybridized carbons (Fsp3) is 0. The van der Waals surface area contributed by atoms with Crippen molar-refractivity contribution in [3.05, 3.63) is 67.5 Å². The Hall–Kier alpha value is -1.25. The van der Waals surface area contributed by atoms with Crippen molar-refractivity contribution >= 4 is 60.9 Å². The van der Waals surface area contributed by atoms with Crippen molar-refractivity contribution in [1.29, 1.82) is 0 Å². The first-order valence-electron chi connectivity index (χ1n) is 6.41. The van der Waals surface area contributed by atoms with Crippen LogP contribution in [0.2, 0.25) is 0 Å². The molecule has 0 aliphatic heterocycles. The summed E-state index contributed by atoms with van der Waals surface area (Å²) in [6, 6.07) is 15.4. The van der Waals surface area contributed by atoms with Gasteiger partial charge in [0.25, 0.3) is 5.91 Å². The third kappa shape index (κ3) is 3.56. The molecule has 0 saturated carbocycles. The molecule has 0 unspecified atom stereocenters. The number of carbonyl (C=O) groups excluding carboxylic acids is 1. The normalized spacial score (nSPS) is 10.5. The van der Waals surface area contributed by atoms with E-state index in [1.807, 2.05) is 47.8 Å². The summed E-state index contributed by atoms with van der Waals surface area (Å²) in [5.41, 5.74) is 2.50. The molecule has 1 amide bonds.